The first-order chi connectivity index (χ1) is 9.77. The van der Waals surface area contributed by atoms with Crippen LogP contribution >= 0.6 is 0 Å². The number of aromatic carboxylic acids is 1. The van der Waals surface area contributed by atoms with Crippen LogP contribution in [0.25, 0.3) is 0 Å². The van der Waals surface area contributed by atoms with Gasteiger partial charge in [0, 0.05) is 12.0 Å². The van der Waals surface area contributed by atoms with Gasteiger partial charge < -0.3 is 14.6 Å². The third-order valence-corrected chi connectivity index (χ3v) is 4.73. The highest BCUT2D eigenvalue weighted by atomic mass is 32.2. The number of hydrogen-bond donors (Lipinski definition) is 2. The minimum atomic E-state index is -3.78. The van der Waals surface area contributed by atoms with Gasteiger partial charge >= 0.3 is 5.97 Å². The maximum absolute atomic E-state index is 12.3. The van der Waals surface area contributed by atoms with Crippen molar-refractivity contribution < 1.29 is 27.8 Å². The van der Waals surface area contributed by atoms with Crippen LogP contribution in [0.2, 0.25) is 0 Å². The van der Waals surface area contributed by atoms with Crippen LogP contribution in [0.5, 0.6) is 5.75 Å². The summed E-state index contributed by atoms with van der Waals surface area (Å²) in [5.41, 5.74) is -0.244. The predicted molar refractivity (Wildman–Crippen MR) is 74.1 cm³/mol. The van der Waals surface area contributed by atoms with Crippen molar-refractivity contribution in [3.63, 3.8) is 0 Å². The van der Waals surface area contributed by atoms with Crippen molar-refractivity contribution in [2.24, 2.45) is 5.41 Å². The number of nitrogens with one attached hydrogen (secondary N) is 1. The summed E-state index contributed by atoms with van der Waals surface area (Å²) >= 11 is 0. The van der Waals surface area contributed by atoms with Gasteiger partial charge in [0.05, 0.1) is 25.9 Å². The molecule has 0 amide bonds. The molecule has 116 valence electrons. The first-order valence-corrected chi connectivity index (χ1v) is 7.74. The fraction of sp³-hybridized carbons (Fsp3) is 0.462. The van der Waals surface area contributed by atoms with Gasteiger partial charge in [0.25, 0.3) is 0 Å². The Kier molecular flexibility index (Phi) is 4.22. The maximum Gasteiger partial charge on any atom is 0.335 e. The van der Waals surface area contributed by atoms with Gasteiger partial charge in [0.2, 0.25) is 10.0 Å². The summed E-state index contributed by atoms with van der Waals surface area (Å²) in [6.45, 7) is 3.18. The van der Waals surface area contributed by atoms with Crippen molar-refractivity contribution in [1.29, 1.82) is 0 Å². The van der Waals surface area contributed by atoms with Crippen LogP contribution in [0, 0.1) is 5.41 Å². The number of carbonyl (C=O) groups is 1. The van der Waals surface area contributed by atoms with E-state index in [2.05, 4.69) is 4.72 Å². The van der Waals surface area contributed by atoms with E-state index in [4.69, 9.17) is 14.6 Å². The van der Waals surface area contributed by atoms with Gasteiger partial charge in [-0.05, 0) is 18.2 Å². The molecule has 1 aliphatic heterocycles. The SMILES string of the molecule is COc1cc(C(=O)O)ccc1S(=O)(=O)NCC1(C)COC1. The molecule has 1 fully saturated rings. The molecule has 0 aliphatic carbocycles. The van der Waals surface area contributed by atoms with Crippen molar-refractivity contribution in [2.45, 2.75) is 11.8 Å². The molecule has 1 aromatic carbocycles. The molecular weight excluding hydrogens is 298 g/mol. The molecule has 2 N–H and O–H groups in total. The van der Waals surface area contributed by atoms with Gasteiger partial charge in [-0.1, -0.05) is 6.92 Å². The summed E-state index contributed by atoms with van der Waals surface area (Å²) in [7, 11) is -2.49. The van der Waals surface area contributed by atoms with Gasteiger partial charge in [-0.3, -0.25) is 0 Å². The van der Waals surface area contributed by atoms with Crippen LogP contribution in [0.1, 0.15) is 17.3 Å². The summed E-state index contributed by atoms with van der Waals surface area (Å²) in [5.74, 6) is -1.15. The quantitative estimate of drug-likeness (QED) is 0.801. The molecule has 2 rings (SSSR count). The Balaban J connectivity index is 2.24. The van der Waals surface area contributed by atoms with Crippen LogP contribution in [0.4, 0.5) is 0 Å². The molecule has 0 spiro atoms. The van der Waals surface area contributed by atoms with Crippen LogP contribution < -0.4 is 9.46 Å². The number of rotatable bonds is 6. The highest BCUT2D eigenvalue weighted by Crippen LogP contribution is 2.28. The Labute approximate surface area is 122 Å². The topological polar surface area (TPSA) is 102 Å². The van der Waals surface area contributed by atoms with Crippen molar-refractivity contribution in [2.75, 3.05) is 26.9 Å². The summed E-state index contributed by atoms with van der Waals surface area (Å²) in [6.07, 6.45) is 0. The van der Waals surface area contributed by atoms with E-state index < -0.39 is 16.0 Å². The Bertz CT molecular complexity index is 651. The average molecular weight is 315 g/mol. The Morgan fingerprint density at radius 1 is 1.48 bits per heavy atom. The molecule has 0 unspecified atom stereocenters. The fourth-order valence-corrected chi connectivity index (χ4v) is 3.27. The zero-order valence-electron chi connectivity index (χ0n) is 11.8. The van der Waals surface area contributed by atoms with E-state index in [-0.39, 0.29) is 28.2 Å². The Hall–Kier alpha value is -1.64. The summed E-state index contributed by atoms with van der Waals surface area (Å²) in [5, 5.41) is 8.91. The number of sulfonamides is 1. The second-order valence-electron chi connectivity index (χ2n) is 5.30. The minimum absolute atomic E-state index is 0.00240. The van der Waals surface area contributed by atoms with E-state index in [1.807, 2.05) is 6.92 Å². The lowest BCUT2D eigenvalue weighted by molar-refractivity contribution is -0.0965. The Morgan fingerprint density at radius 2 is 2.14 bits per heavy atom. The molecular formula is C13H17NO6S. The molecule has 1 heterocycles. The third-order valence-electron chi connectivity index (χ3n) is 3.29. The summed E-state index contributed by atoms with van der Waals surface area (Å²) < 4.78 is 37.2. The standard InChI is InChI=1S/C13H17NO6S/c1-13(7-20-8-13)6-14-21(17,18)11-4-3-9(12(15)16)5-10(11)19-2/h3-5,14H,6-8H2,1-2H3,(H,15,16). The number of carboxylic acid groups (broad SMARTS) is 1. The lowest BCUT2D eigenvalue weighted by atomic mass is 9.89. The molecule has 0 atom stereocenters. The summed E-state index contributed by atoms with van der Waals surface area (Å²) in [4.78, 5) is 10.8. The van der Waals surface area contributed by atoms with E-state index in [1.54, 1.807) is 0 Å². The highest BCUT2D eigenvalue weighted by Gasteiger charge is 2.35. The number of ether oxygens (including phenoxy) is 2. The van der Waals surface area contributed by atoms with E-state index in [9.17, 15) is 13.2 Å². The fourth-order valence-electron chi connectivity index (χ4n) is 1.92. The van der Waals surface area contributed by atoms with E-state index in [0.717, 1.165) is 0 Å². The van der Waals surface area contributed by atoms with Crippen molar-refractivity contribution in [3.05, 3.63) is 23.8 Å². The number of benzene rings is 1. The summed E-state index contributed by atoms with van der Waals surface area (Å²) in [6, 6.07) is 3.64. The minimum Gasteiger partial charge on any atom is -0.495 e. The van der Waals surface area contributed by atoms with Gasteiger partial charge in [-0.25, -0.2) is 17.9 Å². The van der Waals surface area contributed by atoms with Crippen LogP contribution in [-0.4, -0.2) is 46.4 Å². The third kappa shape index (κ3) is 3.34. The molecule has 0 bridgehead atoms. The molecule has 8 heteroatoms. The van der Waals surface area contributed by atoms with Crippen molar-refractivity contribution in [3.8, 4) is 5.75 Å². The van der Waals surface area contributed by atoms with Crippen LogP contribution in [0.3, 0.4) is 0 Å². The maximum atomic E-state index is 12.3. The highest BCUT2D eigenvalue weighted by molar-refractivity contribution is 7.89. The second kappa shape index (κ2) is 5.63. The molecule has 21 heavy (non-hydrogen) atoms. The monoisotopic (exact) mass is 315 g/mol. The normalized spacial score (nSPS) is 17.0. The van der Waals surface area contributed by atoms with Crippen molar-refractivity contribution in [1.82, 2.24) is 4.72 Å². The van der Waals surface area contributed by atoms with Crippen LogP contribution in [-0.2, 0) is 14.8 Å². The van der Waals surface area contributed by atoms with Crippen molar-refractivity contribution >= 4 is 16.0 Å². The largest absolute Gasteiger partial charge is 0.495 e. The van der Waals surface area contributed by atoms with E-state index in [1.165, 1.54) is 25.3 Å². The van der Waals surface area contributed by atoms with Gasteiger partial charge in [-0.2, -0.15) is 0 Å². The van der Waals surface area contributed by atoms with E-state index >= 15 is 0 Å². The lowest BCUT2D eigenvalue weighted by Gasteiger charge is -2.37. The second-order valence-corrected chi connectivity index (χ2v) is 7.03. The molecule has 0 saturated carbocycles. The molecule has 7 nitrogen and oxygen atoms in total. The number of hydrogen-bond acceptors (Lipinski definition) is 5. The number of carboxylic acids is 1. The molecule has 1 aliphatic rings. The Morgan fingerprint density at radius 3 is 2.62 bits per heavy atom. The first-order valence-electron chi connectivity index (χ1n) is 6.26. The zero-order valence-corrected chi connectivity index (χ0v) is 12.6. The number of methoxy groups -OCH3 is 1. The predicted octanol–water partition coefficient (Wildman–Crippen LogP) is 0.708. The molecule has 1 saturated heterocycles. The molecule has 0 aromatic heterocycles. The first kappa shape index (κ1) is 15.7. The average Bonchev–Trinajstić information content (AvgIpc) is 2.42. The van der Waals surface area contributed by atoms with Gasteiger partial charge in [0.1, 0.15) is 10.6 Å². The van der Waals surface area contributed by atoms with Gasteiger partial charge in [-0.15, -0.1) is 0 Å². The zero-order chi connectivity index (χ0) is 15.7. The molecule has 1 aromatic rings. The van der Waals surface area contributed by atoms with Gasteiger partial charge in [0.15, 0.2) is 0 Å². The van der Waals surface area contributed by atoms with Crippen LogP contribution in [0.15, 0.2) is 23.1 Å². The smallest absolute Gasteiger partial charge is 0.335 e. The van der Waals surface area contributed by atoms with E-state index in [0.29, 0.717) is 13.2 Å². The lowest BCUT2D eigenvalue weighted by Crippen LogP contribution is -2.48. The molecule has 0 radical (unpaired) electrons.